The molecule has 0 unspecified atom stereocenters. The number of nitrogens with two attached hydrogens (primary N) is 1. The van der Waals surface area contributed by atoms with Gasteiger partial charge in [0, 0.05) is 25.3 Å². The van der Waals surface area contributed by atoms with Crippen molar-refractivity contribution in [2.45, 2.75) is 0 Å². The van der Waals surface area contributed by atoms with E-state index in [1.54, 1.807) is 0 Å². The molecular weight excluding hydrogens is 234 g/mol. The van der Waals surface area contributed by atoms with E-state index in [1.165, 1.54) is 0 Å². The van der Waals surface area contributed by atoms with Gasteiger partial charge in [0.05, 0.1) is 0 Å². The minimum Gasteiger partial charge on any atom is -0.378 e. The van der Waals surface area contributed by atoms with E-state index in [-0.39, 0.29) is 10.7 Å². The first-order valence-electron chi connectivity index (χ1n) is 5.08. The largest absolute Gasteiger partial charge is 0.378 e. The minimum atomic E-state index is 0.243. The number of nitrogen functional groups attached to an aromatic ring is 1. The highest BCUT2D eigenvalue weighted by Crippen LogP contribution is 2.19. The van der Waals surface area contributed by atoms with E-state index in [0.717, 1.165) is 11.3 Å². The van der Waals surface area contributed by atoms with Crippen LogP contribution in [0.2, 0.25) is 0 Å². The first-order valence-corrected chi connectivity index (χ1v) is 5.48. The molecule has 0 aliphatic heterocycles. The lowest BCUT2D eigenvalue weighted by atomic mass is 10.2. The van der Waals surface area contributed by atoms with E-state index in [0.29, 0.717) is 5.82 Å². The molecule has 0 spiro atoms. The van der Waals surface area contributed by atoms with Gasteiger partial charge >= 0.3 is 0 Å². The third-order valence-electron chi connectivity index (χ3n) is 2.33. The Morgan fingerprint density at radius 3 is 2.35 bits per heavy atom. The normalized spacial score (nSPS) is 10.2. The van der Waals surface area contributed by atoms with Crippen molar-refractivity contribution in [3.8, 4) is 11.4 Å². The summed E-state index contributed by atoms with van der Waals surface area (Å²) >= 11 is 4.92. The average molecular weight is 247 g/mol. The molecule has 0 radical (unpaired) electrons. The Morgan fingerprint density at radius 2 is 1.82 bits per heavy atom. The third-order valence-corrected chi connectivity index (χ3v) is 2.51. The highest BCUT2D eigenvalue weighted by Gasteiger charge is 2.02. The van der Waals surface area contributed by atoms with Crippen molar-refractivity contribution < 1.29 is 0 Å². The number of nitrogens with zero attached hydrogens (tertiary/aromatic N) is 3. The van der Waals surface area contributed by atoms with Crippen LogP contribution in [0.4, 0.5) is 11.6 Å². The fourth-order valence-corrected chi connectivity index (χ4v) is 1.64. The van der Waals surface area contributed by atoms with Gasteiger partial charge < -0.3 is 15.6 Å². The van der Waals surface area contributed by atoms with E-state index < -0.39 is 0 Å². The zero-order valence-corrected chi connectivity index (χ0v) is 10.5. The summed E-state index contributed by atoms with van der Waals surface area (Å²) in [6, 6.07) is 7.93. The van der Waals surface area contributed by atoms with Crippen LogP contribution in [0.15, 0.2) is 24.3 Å². The van der Waals surface area contributed by atoms with E-state index in [4.69, 9.17) is 18.0 Å². The summed E-state index contributed by atoms with van der Waals surface area (Å²) in [6.07, 6.45) is 0. The molecule has 0 amide bonds. The Balaban J connectivity index is 2.43. The smallest absolute Gasteiger partial charge is 0.224 e. The quantitative estimate of drug-likeness (QED) is 0.792. The van der Waals surface area contributed by atoms with Crippen LogP contribution in [-0.4, -0.2) is 29.0 Å². The fraction of sp³-hybridized carbons (Fsp3) is 0.182. The van der Waals surface area contributed by atoms with Gasteiger partial charge in [0.1, 0.15) is 5.82 Å². The number of benzene rings is 1. The molecule has 0 saturated heterocycles. The highest BCUT2D eigenvalue weighted by atomic mass is 32.1. The van der Waals surface area contributed by atoms with Crippen molar-refractivity contribution in [2.24, 2.45) is 0 Å². The summed E-state index contributed by atoms with van der Waals surface area (Å²) in [6.45, 7) is 0. The lowest BCUT2D eigenvalue weighted by Crippen LogP contribution is -2.08. The lowest BCUT2D eigenvalue weighted by molar-refractivity contribution is 1.05. The maximum atomic E-state index is 5.59. The number of hydrogen-bond acceptors (Lipinski definition) is 5. The molecule has 1 heterocycles. The molecule has 0 aliphatic carbocycles. The topological polar surface area (TPSA) is 70.8 Å². The maximum absolute atomic E-state index is 5.59. The summed E-state index contributed by atoms with van der Waals surface area (Å²) < 4.78 is 0.243. The standard InChI is InChI=1S/C11H13N5S/c1-16(2)8-5-3-7(4-6-8)9-13-10(12)15-11(17)14-9/h3-6H,1-2H3,(H3,12,13,14,15,17). The molecule has 0 fully saturated rings. The molecule has 2 rings (SSSR count). The molecule has 6 heteroatoms. The van der Waals surface area contributed by atoms with Gasteiger partial charge in [-0.05, 0) is 36.5 Å². The van der Waals surface area contributed by atoms with Crippen LogP contribution in [0.1, 0.15) is 0 Å². The van der Waals surface area contributed by atoms with Gasteiger partial charge in [0.25, 0.3) is 0 Å². The number of anilines is 2. The van der Waals surface area contributed by atoms with E-state index in [1.807, 2.05) is 43.3 Å². The molecule has 0 atom stereocenters. The first-order chi connectivity index (χ1) is 8.06. The Labute approximate surface area is 104 Å². The Hall–Kier alpha value is -1.95. The number of aromatic nitrogens is 3. The van der Waals surface area contributed by atoms with E-state index in [2.05, 4.69) is 15.0 Å². The number of rotatable bonds is 2. The summed E-state index contributed by atoms with van der Waals surface area (Å²) in [5.74, 6) is 0.907. The first kappa shape index (κ1) is 11.5. The van der Waals surface area contributed by atoms with Crippen LogP contribution in [0.25, 0.3) is 11.4 Å². The van der Waals surface area contributed by atoms with Crippen LogP contribution < -0.4 is 10.6 Å². The fourth-order valence-electron chi connectivity index (χ4n) is 1.46. The predicted molar refractivity (Wildman–Crippen MR) is 71.4 cm³/mol. The zero-order valence-electron chi connectivity index (χ0n) is 9.64. The van der Waals surface area contributed by atoms with Gasteiger partial charge in [-0.3, -0.25) is 0 Å². The molecule has 3 N–H and O–H groups in total. The second kappa shape index (κ2) is 4.50. The average Bonchev–Trinajstić information content (AvgIpc) is 2.28. The van der Waals surface area contributed by atoms with E-state index in [9.17, 15) is 0 Å². The van der Waals surface area contributed by atoms with Crippen molar-refractivity contribution in [1.82, 2.24) is 15.0 Å². The van der Waals surface area contributed by atoms with Crippen molar-refractivity contribution >= 4 is 23.9 Å². The van der Waals surface area contributed by atoms with Crippen molar-refractivity contribution in [2.75, 3.05) is 24.7 Å². The SMILES string of the molecule is CN(C)c1ccc(-c2nc(=S)nc(N)[nH]2)cc1. The van der Waals surface area contributed by atoms with Crippen LogP contribution in [0.5, 0.6) is 0 Å². The van der Waals surface area contributed by atoms with Crippen LogP contribution in [0, 0.1) is 4.77 Å². The Morgan fingerprint density at radius 1 is 1.18 bits per heavy atom. The van der Waals surface area contributed by atoms with Gasteiger partial charge in [-0.1, -0.05) is 0 Å². The Kier molecular flexibility index (Phi) is 3.06. The van der Waals surface area contributed by atoms with E-state index >= 15 is 0 Å². The second-order valence-corrected chi connectivity index (χ2v) is 4.17. The van der Waals surface area contributed by atoms with Crippen molar-refractivity contribution in [3.05, 3.63) is 29.0 Å². The molecule has 1 aromatic carbocycles. The molecule has 0 saturated carbocycles. The van der Waals surface area contributed by atoms with Crippen LogP contribution >= 0.6 is 12.2 Å². The third kappa shape index (κ3) is 2.59. The molecular formula is C11H13N5S. The van der Waals surface area contributed by atoms with Crippen LogP contribution in [-0.2, 0) is 0 Å². The number of aromatic amines is 1. The van der Waals surface area contributed by atoms with Gasteiger partial charge in [0.2, 0.25) is 10.7 Å². The number of nitrogens with one attached hydrogen (secondary N) is 1. The summed E-state index contributed by atoms with van der Waals surface area (Å²) in [4.78, 5) is 12.9. The van der Waals surface area contributed by atoms with Gasteiger partial charge in [0.15, 0.2) is 0 Å². The van der Waals surface area contributed by atoms with Crippen molar-refractivity contribution in [3.63, 3.8) is 0 Å². The van der Waals surface area contributed by atoms with Gasteiger partial charge in [-0.25, -0.2) is 4.98 Å². The molecule has 17 heavy (non-hydrogen) atoms. The number of H-pyrrole nitrogens is 1. The molecule has 2 aromatic rings. The molecule has 0 aliphatic rings. The minimum absolute atomic E-state index is 0.243. The maximum Gasteiger partial charge on any atom is 0.224 e. The summed E-state index contributed by atoms with van der Waals surface area (Å²) in [5.41, 5.74) is 7.64. The van der Waals surface area contributed by atoms with Gasteiger partial charge in [-0.15, -0.1) is 0 Å². The Bertz CT molecular complexity index is 573. The molecule has 5 nitrogen and oxygen atoms in total. The zero-order chi connectivity index (χ0) is 12.4. The van der Waals surface area contributed by atoms with Gasteiger partial charge in [-0.2, -0.15) is 4.98 Å². The molecule has 1 aromatic heterocycles. The second-order valence-electron chi connectivity index (χ2n) is 3.81. The lowest BCUT2D eigenvalue weighted by Gasteiger charge is -2.12. The highest BCUT2D eigenvalue weighted by molar-refractivity contribution is 7.71. The molecule has 0 bridgehead atoms. The van der Waals surface area contributed by atoms with Crippen LogP contribution in [0.3, 0.4) is 0 Å². The summed E-state index contributed by atoms with van der Waals surface area (Å²) in [5, 5.41) is 0. The summed E-state index contributed by atoms with van der Waals surface area (Å²) in [7, 11) is 3.98. The molecule has 88 valence electrons. The van der Waals surface area contributed by atoms with Crippen molar-refractivity contribution in [1.29, 1.82) is 0 Å². The predicted octanol–water partition coefficient (Wildman–Crippen LogP) is 1.85. The number of hydrogen-bond donors (Lipinski definition) is 2. The monoisotopic (exact) mass is 247 g/mol.